The minimum Gasteiger partial charge on any atom is -0.387 e. The lowest BCUT2D eigenvalue weighted by Gasteiger charge is -2.41. The molecule has 1 aliphatic carbocycles. The van der Waals surface area contributed by atoms with E-state index in [9.17, 15) is 0 Å². The lowest BCUT2D eigenvalue weighted by molar-refractivity contribution is -0.397. The fourth-order valence-corrected chi connectivity index (χ4v) is 1.19. The van der Waals surface area contributed by atoms with Gasteiger partial charge in [0.05, 0.1) is 0 Å². The van der Waals surface area contributed by atoms with Crippen LogP contribution in [0.4, 0.5) is 0 Å². The zero-order chi connectivity index (χ0) is 8.70. The average molecular weight is 164 g/mol. The molecule has 66 valence electrons. The summed E-state index contributed by atoms with van der Waals surface area (Å²) in [5, 5.41) is 44.8. The molecule has 1 fully saturated rings. The molecule has 0 aliphatic heterocycles. The highest BCUT2D eigenvalue weighted by atomic mass is 16.6. The van der Waals surface area contributed by atoms with E-state index in [2.05, 4.69) is 0 Å². The van der Waals surface area contributed by atoms with Gasteiger partial charge < -0.3 is 25.5 Å². The van der Waals surface area contributed by atoms with Crippen molar-refractivity contribution in [3.8, 4) is 0 Å². The highest BCUT2D eigenvalue weighted by molar-refractivity contribution is 4.92. The zero-order valence-electron chi connectivity index (χ0n) is 5.93. The highest BCUT2D eigenvalue weighted by Gasteiger charge is 2.54. The number of aliphatic hydroxyl groups excluding tert-OH is 1. The van der Waals surface area contributed by atoms with Gasteiger partial charge in [-0.15, -0.1) is 0 Å². The van der Waals surface area contributed by atoms with E-state index in [1.165, 1.54) is 0 Å². The van der Waals surface area contributed by atoms with Crippen LogP contribution in [-0.4, -0.2) is 43.2 Å². The van der Waals surface area contributed by atoms with E-state index in [-0.39, 0.29) is 12.8 Å². The minimum atomic E-state index is -2.80. The van der Waals surface area contributed by atoms with Crippen molar-refractivity contribution in [1.29, 1.82) is 0 Å². The Morgan fingerprint density at radius 1 is 1.09 bits per heavy atom. The van der Waals surface area contributed by atoms with E-state index >= 15 is 0 Å². The van der Waals surface area contributed by atoms with Gasteiger partial charge >= 0.3 is 0 Å². The lowest BCUT2D eigenvalue weighted by Crippen LogP contribution is -2.63. The smallest absolute Gasteiger partial charge is 0.245 e. The van der Waals surface area contributed by atoms with Gasteiger partial charge in [-0.1, -0.05) is 0 Å². The monoisotopic (exact) mass is 164 g/mol. The van der Waals surface area contributed by atoms with Gasteiger partial charge in [0.1, 0.15) is 6.10 Å². The standard InChI is InChI=1S/C6H12O5/c7-4-2-1-3-5(8,9)6(4,10)11/h4,7-11H,1-3H2. The maximum absolute atomic E-state index is 8.98. The summed E-state index contributed by atoms with van der Waals surface area (Å²) in [6, 6.07) is 0. The topological polar surface area (TPSA) is 101 Å². The minimum absolute atomic E-state index is 0.142. The van der Waals surface area contributed by atoms with E-state index < -0.39 is 17.7 Å². The summed E-state index contributed by atoms with van der Waals surface area (Å²) < 4.78 is 0. The molecule has 1 unspecified atom stereocenters. The fraction of sp³-hybridized carbons (Fsp3) is 1.00. The quantitative estimate of drug-likeness (QED) is 0.264. The summed E-state index contributed by atoms with van der Waals surface area (Å²) in [5.41, 5.74) is 0. The molecule has 11 heavy (non-hydrogen) atoms. The van der Waals surface area contributed by atoms with Crippen LogP contribution in [-0.2, 0) is 0 Å². The Bertz CT molecular complexity index is 153. The predicted octanol–water partition coefficient (Wildman–Crippen LogP) is -2.11. The Kier molecular flexibility index (Phi) is 1.94. The molecule has 0 radical (unpaired) electrons. The van der Waals surface area contributed by atoms with Crippen LogP contribution in [0.5, 0.6) is 0 Å². The first-order chi connectivity index (χ1) is 4.88. The number of aliphatic hydroxyl groups is 5. The maximum atomic E-state index is 8.98. The Labute approximate surface area is 63.5 Å². The van der Waals surface area contributed by atoms with Crippen molar-refractivity contribution in [2.45, 2.75) is 36.9 Å². The third kappa shape index (κ3) is 1.25. The molecule has 0 aromatic carbocycles. The Balaban J connectivity index is 2.82. The van der Waals surface area contributed by atoms with Gasteiger partial charge in [-0.3, -0.25) is 0 Å². The molecule has 0 spiro atoms. The predicted molar refractivity (Wildman–Crippen MR) is 34.2 cm³/mol. The van der Waals surface area contributed by atoms with Gasteiger partial charge in [-0.2, -0.15) is 0 Å². The van der Waals surface area contributed by atoms with E-state index in [0.717, 1.165) is 0 Å². The molecule has 0 aromatic rings. The van der Waals surface area contributed by atoms with Gasteiger partial charge in [-0.05, 0) is 12.8 Å². The summed E-state index contributed by atoms with van der Waals surface area (Å²) >= 11 is 0. The molecule has 0 saturated heterocycles. The van der Waals surface area contributed by atoms with Gasteiger partial charge in [0.2, 0.25) is 11.6 Å². The van der Waals surface area contributed by atoms with Crippen LogP contribution in [0.3, 0.4) is 0 Å². The first kappa shape index (κ1) is 8.89. The van der Waals surface area contributed by atoms with E-state index in [1.807, 2.05) is 0 Å². The van der Waals surface area contributed by atoms with Crippen LogP contribution >= 0.6 is 0 Å². The van der Waals surface area contributed by atoms with Gasteiger partial charge in [0.15, 0.2) is 0 Å². The second-order valence-electron chi connectivity index (χ2n) is 2.95. The molecule has 1 rings (SSSR count). The normalized spacial score (nSPS) is 35.2. The largest absolute Gasteiger partial charge is 0.387 e. The second-order valence-corrected chi connectivity index (χ2v) is 2.95. The molecular formula is C6H12O5. The Morgan fingerprint density at radius 3 is 2.00 bits per heavy atom. The van der Waals surface area contributed by atoms with Gasteiger partial charge in [0.25, 0.3) is 0 Å². The summed E-state index contributed by atoms with van der Waals surface area (Å²) in [4.78, 5) is 0. The third-order valence-corrected chi connectivity index (χ3v) is 2.06. The highest BCUT2D eigenvalue weighted by Crippen LogP contribution is 2.33. The molecule has 5 heteroatoms. The lowest BCUT2D eigenvalue weighted by atomic mass is 9.86. The maximum Gasteiger partial charge on any atom is 0.245 e. The first-order valence-electron chi connectivity index (χ1n) is 3.45. The van der Waals surface area contributed by atoms with Crippen molar-refractivity contribution in [3.63, 3.8) is 0 Å². The summed E-state index contributed by atoms with van der Waals surface area (Å²) in [5.74, 6) is -5.39. The number of rotatable bonds is 0. The zero-order valence-corrected chi connectivity index (χ0v) is 5.93. The molecule has 0 bridgehead atoms. The fourth-order valence-electron chi connectivity index (χ4n) is 1.19. The summed E-state index contributed by atoms with van der Waals surface area (Å²) in [7, 11) is 0. The molecule has 1 aliphatic rings. The van der Waals surface area contributed by atoms with Crippen LogP contribution in [0.1, 0.15) is 19.3 Å². The van der Waals surface area contributed by atoms with Crippen molar-refractivity contribution in [2.75, 3.05) is 0 Å². The van der Waals surface area contributed by atoms with Gasteiger partial charge in [-0.25, -0.2) is 0 Å². The van der Waals surface area contributed by atoms with Crippen LogP contribution in [0.25, 0.3) is 0 Å². The van der Waals surface area contributed by atoms with Crippen LogP contribution < -0.4 is 0 Å². The molecule has 1 atom stereocenters. The third-order valence-electron chi connectivity index (χ3n) is 2.06. The molecule has 5 nitrogen and oxygen atoms in total. The Morgan fingerprint density at radius 2 is 1.64 bits per heavy atom. The van der Waals surface area contributed by atoms with Crippen molar-refractivity contribution < 1.29 is 25.5 Å². The molecule has 0 heterocycles. The molecule has 5 N–H and O–H groups in total. The van der Waals surface area contributed by atoms with Crippen LogP contribution in [0, 0.1) is 0 Å². The Hall–Kier alpha value is -0.200. The first-order valence-corrected chi connectivity index (χ1v) is 3.45. The molecule has 1 saturated carbocycles. The molecular weight excluding hydrogens is 152 g/mol. The number of hydrogen-bond donors (Lipinski definition) is 5. The van der Waals surface area contributed by atoms with Crippen molar-refractivity contribution in [2.24, 2.45) is 0 Å². The van der Waals surface area contributed by atoms with E-state index in [4.69, 9.17) is 25.5 Å². The van der Waals surface area contributed by atoms with Crippen molar-refractivity contribution >= 4 is 0 Å². The number of hydrogen-bond acceptors (Lipinski definition) is 5. The molecule has 0 aromatic heterocycles. The SMILES string of the molecule is OC1CCCC(O)(O)C1(O)O. The van der Waals surface area contributed by atoms with Gasteiger partial charge in [0, 0.05) is 6.42 Å². The summed E-state index contributed by atoms with van der Waals surface area (Å²) in [6.45, 7) is 0. The average Bonchev–Trinajstić information content (AvgIpc) is 1.84. The van der Waals surface area contributed by atoms with E-state index in [1.54, 1.807) is 0 Å². The summed E-state index contributed by atoms with van der Waals surface area (Å²) in [6.07, 6.45) is -1.12. The van der Waals surface area contributed by atoms with E-state index in [0.29, 0.717) is 6.42 Å². The van der Waals surface area contributed by atoms with Crippen LogP contribution in [0.15, 0.2) is 0 Å². The van der Waals surface area contributed by atoms with Crippen molar-refractivity contribution in [1.82, 2.24) is 0 Å². The van der Waals surface area contributed by atoms with Crippen molar-refractivity contribution in [3.05, 3.63) is 0 Å². The second kappa shape index (κ2) is 2.40. The van der Waals surface area contributed by atoms with Crippen LogP contribution in [0.2, 0.25) is 0 Å². The molecule has 0 amide bonds.